The van der Waals surface area contributed by atoms with Crippen LogP contribution in [0.2, 0.25) is 0 Å². The minimum Gasteiger partial charge on any atom is -0.304 e. The Morgan fingerprint density at radius 1 is 1.33 bits per heavy atom. The number of hydrogen-bond acceptors (Lipinski definition) is 1. The van der Waals surface area contributed by atoms with Crippen LogP contribution in [-0.2, 0) is 6.42 Å². The van der Waals surface area contributed by atoms with Crippen molar-refractivity contribution < 1.29 is 4.39 Å². The highest BCUT2D eigenvalue weighted by Crippen LogP contribution is 2.12. The number of nitrogens with zero attached hydrogens (tertiary/aromatic N) is 2. The molecule has 0 spiro atoms. The molecule has 0 bridgehead atoms. The van der Waals surface area contributed by atoms with Gasteiger partial charge in [-0.15, -0.1) is 0 Å². The van der Waals surface area contributed by atoms with Crippen LogP contribution in [0, 0.1) is 12.7 Å². The zero-order valence-electron chi connectivity index (χ0n) is 9.71. The molecule has 0 aliphatic carbocycles. The lowest BCUT2D eigenvalue weighted by Crippen LogP contribution is -1.91. The van der Waals surface area contributed by atoms with Crippen molar-refractivity contribution in [3.63, 3.8) is 0 Å². The quantitative estimate of drug-likeness (QED) is 0.702. The van der Waals surface area contributed by atoms with Crippen LogP contribution < -0.4 is 0 Å². The van der Waals surface area contributed by atoms with Crippen molar-refractivity contribution in [2.24, 2.45) is 0 Å². The van der Waals surface area contributed by atoms with Gasteiger partial charge < -0.3 is 4.40 Å². The molecule has 0 aliphatic rings. The summed E-state index contributed by atoms with van der Waals surface area (Å²) in [5.41, 5.74) is 2.24. The molecule has 0 saturated heterocycles. The third-order valence-electron chi connectivity index (χ3n) is 2.09. The van der Waals surface area contributed by atoms with Gasteiger partial charge in [-0.25, -0.2) is 9.37 Å². The number of rotatable bonds is 1. The summed E-state index contributed by atoms with van der Waals surface area (Å²) in [4.78, 5) is 4.08. The van der Waals surface area contributed by atoms with E-state index in [1.807, 2.05) is 40.1 Å². The molecule has 3 heteroatoms. The Morgan fingerprint density at radius 2 is 2.00 bits per heavy atom. The Labute approximate surface area is 89.8 Å². The SMILES string of the molecule is CC.CCc1cc(F)c2nc(C)cn2c1. The van der Waals surface area contributed by atoms with E-state index in [0.717, 1.165) is 17.7 Å². The molecule has 15 heavy (non-hydrogen) atoms. The number of imidazole rings is 1. The molecule has 0 atom stereocenters. The normalized spacial score (nSPS) is 9.93. The van der Waals surface area contributed by atoms with Crippen LogP contribution in [0.15, 0.2) is 18.5 Å². The molecular weight excluding hydrogens is 191 g/mol. The first kappa shape index (κ1) is 11.7. The Hall–Kier alpha value is -1.38. The lowest BCUT2D eigenvalue weighted by molar-refractivity contribution is 0.627. The van der Waals surface area contributed by atoms with Gasteiger partial charge in [0.15, 0.2) is 11.5 Å². The average Bonchev–Trinajstić information content (AvgIpc) is 2.62. The number of aryl methyl sites for hydroxylation is 2. The van der Waals surface area contributed by atoms with Crippen molar-refractivity contribution in [3.05, 3.63) is 35.5 Å². The van der Waals surface area contributed by atoms with E-state index < -0.39 is 0 Å². The number of aromatic nitrogens is 2. The maximum atomic E-state index is 13.4. The second kappa shape index (κ2) is 4.91. The first-order chi connectivity index (χ1) is 7.20. The lowest BCUT2D eigenvalue weighted by Gasteiger charge is -1.99. The molecule has 0 radical (unpaired) electrons. The van der Waals surface area contributed by atoms with Gasteiger partial charge in [-0.3, -0.25) is 0 Å². The van der Waals surface area contributed by atoms with Gasteiger partial charge >= 0.3 is 0 Å². The fourth-order valence-electron chi connectivity index (χ4n) is 1.43. The van der Waals surface area contributed by atoms with Gasteiger partial charge in [0, 0.05) is 12.4 Å². The summed E-state index contributed by atoms with van der Waals surface area (Å²) in [5, 5.41) is 0. The number of pyridine rings is 1. The van der Waals surface area contributed by atoms with Crippen LogP contribution >= 0.6 is 0 Å². The highest BCUT2D eigenvalue weighted by molar-refractivity contribution is 5.43. The van der Waals surface area contributed by atoms with Crippen LogP contribution in [-0.4, -0.2) is 9.38 Å². The van der Waals surface area contributed by atoms with E-state index in [1.165, 1.54) is 0 Å². The zero-order chi connectivity index (χ0) is 11.4. The van der Waals surface area contributed by atoms with E-state index in [9.17, 15) is 4.39 Å². The van der Waals surface area contributed by atoms with E-state index in [0.29, 0.717) is 5.65 Å². The second-order valence-electron chi connectivity index (χ2n) is 3.16. The molecule has 0 unspecified atom stereocenters. The summed E-state index contributed by atoms with van der Waals surface area (Å²) in [6, 6.07) is 1.54. The Kier molecular flexibility index (Phi) is 3.83. The van der Waals surface area contributed by atoms with Crippen molar-refractivity contribution >= 4 is 5.65 Å². The monoisotopic (exact) mass is 208 g/mol. The van der Waals surface area contributed by atoms with Crippen LogP contribution in [0.3, 0.4) is 0 Å². The molecule has 2 nitrogen and oxygen atoms in total. The second-order valence-corrected chi connectivity index (χ2v) is 3.16. The zero-order valence-corrected chi connectivity index (χ0v) is 9.71. The van der Waals surface area contributed by atoms with E-state index in [4.69, 9.17) is 0 Å². The maximum absolute atomic E-state index is 13.4. The molecule has 2 aromatic rings. The van der Waals surface area contributed by atoms with Crippen molar-refractivity contribution in [1.29, 1.82) is 0 Å². The predicted molar refractivity (Wildman–Crippen MR) is 60.6 cm³/mol. The molecule has 2 heterocycles. The van der Waals surface area contributed by atoms with Crippen LogP contribution in [0.1, 0.15) is 32.0 Å². The van der Waals surface area contributed by atoms with Gasteiger partial charge in [0.25, 0.3) is 0 Å². The van der Waals surface area contributed by atoms with Crippen molar-refractivity contribution in [2.45, 2.75) is 34.1 Å². The summed E-state index contributed by atoms with van der Waals surface area (Å²) in [6.45, 7) is 7.86. The molecule has 0 aromatic carbocycles. The minimum atomic E-state index is -0.243. The summed E-state index contributed by atoms with van der Waals surface area (Å²) < 4.78 is 15.1. The fraction of sp³-hybridized carbons (Fsp3) is 0.417. The van der Waals surface area contributed by atoms with Gasteiger partial charge in [-0.2, -0.15) is 0 Å². The molecule has 2 aromatic heterocycles. The Balaban J connectivity index is 0.000000531. The molecule has 0 aliphatic heterocycles. The third-order valence-corrected chi connectivity index (χ3v) is 2.09. The van der Waals surface area contributed by atoms with Crippen LogP contribution in [0.4, 0.5) is 4.39 Å². The van der Waals surface area contributed by atoms with E-state index in [1.54, 1.807) is 10.5 Å². The first-order valence-electron chi connectivity index (χ1n) is 5.34. The molecule has 82 valence electrons. The minimum absolute atomic E-state index is 0.243. The highest BCUT2D eigenvalue weighted by atomic mass is 19.1. The van der Waals surface area contributed by atoms with Gasteiger partial charge in [-0.1, -0.05) is 20.8 Å². The van der Waals surface area contributed by atoms with E-state index >= 15 is 0 Å². The van der Waals surface area contributed by atoms with Gasteiger partial charge in [0.2, 0.25) is 0 Å². The Morgan fingerprint density at radius 3 is 2.60 bits per heavy atom. The third kappa shape index (κ3) is 2.35. The summed E-state index contributed by atoms with van der Waals surface area (Å²) in [6.07, 6.45) is 4.58. The van der Waals surface area contributed by atoms with Gasteiger partial charge in [0.1, 0.15) is 0 Å². The topological polar surface area (TPSA) is 17.3 Å². The first-order valence-corrected chi connectivity index (χ1v) is 5.34. The molecule has 0 N–H and O–H groups in total. The summed E-state index contributed by atoms with van der Waals surface area (Å²) >= 11 is 0. The van der Waals surface area contributed by atoms with Crippen molar-refractivity contribution in [3.8, 4) is 0 Å². The van der Waals surface area contributed by atoms with Crippen LogP contribution in [0.25, 0.3) is 5.65 Å². The van der Waals surface area contributed by atoms with Crippen molar-refractivity contribution in [2.75, 3.05) is 0 Å². The van der Waals surface area contributed by atoms with Crippen LogP contribution in [0.5, 0.6) is 0 Å². The predicted octanol–water partition coefficient (Wildman–Crippen LogP) is 3.37. The van der Waals surface area contributed by atoms with E-state index in [-0.39, 0.29) is 5.82 Å². The average molecular weight is 208 g/mol. The number of hydrogen-bond donors (Lipinski definition) is 0. The smallest absolute Gasteiger partial charge is 0.173 e. The summed E-state index contributed by atoms with van der Waals surface area (Å²) in [5.74, 6) is -0.243. The largest absolute Gasteiger partial charge is 0.304 e. The lowest BCUT2D eigenvalue weighted by atomic mass is 10.2. The Bertz CT molecular complexity index is 446. The van der Waals surface area contributed by atoms with E-state index in [2.05, 4.69) is 4.98 Å². The maximum Gasteiger partial charge on any atom is 0.173 e. The highest BCUT2D eigenvalue weighted by Gasteiger charge is 2.05. The number of halogens is 1. The number of fused-ring (bicyclic) bond motifs is 1. The van der Waals surface area contributed by atoms with Gasteiger partial charge in [0.05, 0.1) is 5.69 Å². The molecule has 0 amide bonds. The molecule has 0 fully saturated rings. The summed E-state index contributed by atoms with van der Waals surface area (Å²) in [7, 11) is 0. The molecule has 0 saturated carbocycles. The standard InChI is InChI=1S/C10H11FN2.C2H6/c1-3-8-4-9(11)10-12-7(2)5-13(10)6-8;1-2/h4-6H,3H2,1-2H3;1-2H3. The fourth-order valence-corrected chi connectivity index (χ4v) is 1.43. The van der Waals surface area contributed by atoms with Crippen molar-refractivity contribution in [1.82, 2.24) is 9.38 Å². The molecular formula is C12H17FN2. The van der Waals surface area contributed by atoms with Gasteiger partial charge in [-0.05, 0) is 25.0 Å². The molecule has 2 rings (SSSR count).